The summed E-state index contributed by atoms with van der Waals surface area (Å²) >= 11 is 1.23. The molecule has 0 aliphatic carbocycles. The summed E-state index contributed by atoms with van der Waals surface area (Å²) in [6.07, 6.45) is 3.17. The summed E-state index contributed by atoms with van der Waals surface area (Å²) in [6, 6.07) is 4.08. The van der Waals surface area contributed by atoms with Crippen LogP contribution >= 0.6 is 11.3 Å². The maximum absolute atomic E-state index is 13.7. The average molecular weight is 511 g/mol. The largest absolute Gasteiger partial charge is 0.493 e. The van der Waals surface area contributed by atoms with Crippen LogP contribution in [-0.4, -0.2) is 35.8 Å². The summed E-state index contributed by atoms with van der Waals surface area (Å²) in [6.45, 7) is 2.39. The van der Waals surface area contributed by atoms with Gasteiger partial charge in [-0.1, -0.05) is 39.0 Å². The van der Waals surface area contributed by atoms with Gasteiger partial charge in [-0.2, -0.15) is 18.2 Å². The van der Waals surface area contributed by atoms with Crippen molar-refractivity contribution < 1.29 is 27.4 Å². The summed E-state index contributed by atoms with van der Waals surface area (Å²) in [7, 11) is 2.91. The molecule has 0 unspecified atom stereocenters. The first kappa shape index (κ1) is 26.5. The van der Waals surface area contributed by atoms with Crippen LogP contribution in [0.2, 0.25) is 0 Å². The number of nitrogens with one attached hydrogen (secondary N) is 1. The summed E-state index contributed by atoms with van der Waals surface area (Å²) in [5.41, 5.74) is 0.484. The van der Waals surface area contributed by atoms with Crippen molar-refractivity contribution in [2.45, 2.75) is 51.6 Å². The van der Waals surface area contributed by atoms with Crippen LogP contribution in [0, 0.1) is 0 Å². The maximum Gasteiger partial charge on any atom is 0.420 e. The van der Waals surface area contributed by atoms with Gasteiger partial charge < -0.3 is 19.5 Å². The Hall–Kier alpha value is -3.08. The molecule has 2 heterocycles. The molecule has 35 heavy (non-hydrogen) atoms. The molecule has 7 nitrogen and oxygen atoms in total. The van der Waals surface area contributed by atoms with Gasteiger partial charge in [-0.25, -0.2) is 9.97 Å². The fraction of sp³-hybridized carbons (Fsp3) is 0.458. The van der Waals surface area contributed by atoms with E-state index in [0.717, 1.165) is 38.2 Å². The minimum Gasteiger partial charge on any atom is -0.493 e. The van der Waals surface area contributed by atoms with Crippen molar-refractivity contribution >= 4 is 22.2 Å². The van der Waals surface area contributed by atoms with Crippen LogP contribution in [0.4, 0.5) is 24.0 Å². The Labute approximate surface area is 206 Å². The smallest absolute Gasteiger partial charge is 0.420 e. The van der Waals surface area contributed by atoms with Crippen molar-refractivity contribution in [1.29, 1.82) is 0 Å². The zero-order valence-corrected chi connectivity index (χ0v) is 20.8. The van der Waals surface area contributed by atoms with Gasteiger partial charge in [-0.05, 0) is 24.6 Å². The molecule has 0 radical (unpaired) electrons. The molecule has 0 spiro atoms. The van der Waals surface area contributed by atoms with Crippen LogP contribution in [0.3, 0.4) is 0 Å². The number of nitrogens with zero attached hydrogens (tertiary/aromatic N) is 3. The number of hydrogen-bond acceptors (Lipinski definition) is 8. The van der Waals surface area contributed by atoms with Crippen molar-refractivity contribution in [2.75, 3.05) is 26.1 Å². The SMILES string of the molecule is CCCCCCCCOc1ccc(Nc2nc(-c3cnc(OC)nc3OC)cs2)cc1C(F)(F)F. The molecular weight excluding hydrogens is 481 g/mol. The molecule has 3 aromatic rings. The van der Waals surface area contributed by atoms with Crippen LogP contribution in [0.1, 0.15) is 51.0 Å². The summed E-state index contributed by atoms with van der Waals surface area (Å²) in [5, 5.41) is 5.08. The lowest BCUT2D eigenvalue weighted by molar-refractivity contribution is -0.138. The predicted octanol–water partition coefficient (Wildman–Crippen LogP) is 7.12. The van der Waals surface area contributed by atoms with E-state index in [0.29, 0.717) is 16.4 Å². The van der Waals surface area contributed by atoms with Gasteiger partial charge in [0.1, 0.15) is 5.75 Å². The number of alkyl halides is 3. The minimum absolute atomic E-state index is 0.151. The number of ether oxygens (including phenoxy) is 3. The van der Waals surface area contributed by atoms with Crippen molar-refractivity contribution in [1.82, 2.24) is 15.0 Å². The van der Waals surface area contributed by atoms with Crippen LogP contribution in [0.25, 0.3) is 11.3 Å². The molecule has 0 aliphatic heterocycles. The maximum atomic E-state index is 13.7. The van der Waals surface area contributed by atoms with Gasteiger partial charge in [0.2, 0.25) is 5.88 Å². The van der Waals surface area contributed by atoms with E-state index in [1.165, 1.54) is 44.2 Å². The summed E-state index contributed by atoms with van der Waals surface area (Å²) < 4.78 is 56.8. The third-order valence-electron chi connectivity index (χ3n) is 5.18. The van der Waals surface area contributed by atoms with E-state index in [2.05, 4.69) is 27.2 Å². The van der Waals surface area contributed by atoms with E-state index in [-0.39, 0.29) is 29.9 Å². The second kappa shape index (κ2) is 12.6. The topological polar surface area (TPSA) is 78.4 Å². The third kappa shape index (κ3) is 7.45. The number of halogens is 3. The fourth-order valence-electron chi connectivity index (χ4n) is 3.38. The molecule has 0 bridgehead atoms. The first-order valence-corrected chi connectivity index (χ1v) is 12.3. The van der Waals surface area contributed by atoms with Gasteiger partial charge in [0.25, 0.3) is 0 Å². The van der Waals surface area contributed by atoms with Gasteiger partial charge in [-0.15, -0.1) is 11.3 Å². The van der Waals surface area contributed by atoms with E-state index in [1.54, 1.807) is 11.4 Å². The van der Waals surface area contributed by atoms with Crippen molar-refractivity contribution in [3.05, 3.63) is 35.3 Å². The Morgan fingerprint density at radius 2 is 1.77 bits per heavy atom. The Morgan fingerprint density at radius 3 is 2.49 bits per heavy atom. The highest BCUT2D eigenvalue weighted by atomic mass is 32.1. The second-order valence-electron chi connectivity index (χ2n) is 7.77. The van der Waals surface area contributed by atoms with E-state index < -0.39 is 11.7 Å². The lowest BCUT2D eigenvalue weighted by Crippen LogP contribution is -2.10. The zero-order valence-electron chi connectivity index (χ0n) is 19.9. The van der Waals surface area contributed by atoms with Gasteiger partial charge in [0, 0.05) is 17.3 Å². The minimum atomic E-state index is -4.55. The van der Waals surface area contributed by atoms with Gasteiger partial charge in [0.05, 0.1) is 37.6 Å². The Bertz CT molecular complexity index is 1090. The Balaban J connectivity index is 1.69. The number of methoxy groups -OCH3 is 2. The number of rotatable bonds is 13. The number of thiazole rings is 1. The molecule has 0 aliphatic rings. The summed E-state index contributed by atoms with van der Waals surface area (Å²) in [4.78, 5) is 12.6. The number of aromatic nitrogens is 3. The lowest BCUT2D eigenvalue weighted by atomic mass is 10.1. The van der Waals surface area contributed by atoms with Crippen LogP contribution in [-0.2, 0) is 6.18 Å². The quantitative estimate of drug-likeness (QED) is 0.245. The number of benzene rings is 1. The van der Waals surface area contributed by atoms with Crippen molar-refractivity contribution in [3.8, 4) is 28.9 Å². The number of unbranched alkanes of at least 4 members (excludes halogenated alkanes) is 5. The van der Waals surface area contributed by atoms with E-state index >= 15 is 0 Å². The molecule has 1 aromatic carbocycles. The molecule has 11 heteroatoms. The van der Waals surface area contributed by atoms with E-state index in [1.807, 2.05) is 0 Å². The number of hydrogen-bond donors (Lipinski definition) is 1. The average Bonchev–Trinajstić information content (AvgIpc) is 3.31. The van der Waals surface area contributed by atoms with Crippen LogP contribution in [0.5, 0.6) is 17.6 Å². The van der Waals surface area contributed by atoms with E-state index in [9.17, 15) is 13.2 Å². The highest BCUT2D eigenvalue weighted by Gasteiger charge is 2.34. The molecule has 0 atom stereocenters. The van der Waals surface area contributed by atoms with Gasteiger partial charge in [-0.3, -0.25) is 0 Å². The van der Waals surface area contributed by atoms with Gasteiger partial charge in [0.15, 0.2) is 5.13 Å². The Morgan fingerprint density at radius 1 is 1.00 bits per heavy atom. The lowest BCUT2D eigenvalue weighted by Gasteiger charge is -2.15. The van der Waals surface area contributed by atoms with Crippen molar-refractivity contribution in [2.24, 2.45) is 0 Å². The molecule has 190 valence electrons. The fourth-order valence-corrected chi connectivity index (χ4v) is 4.11. The molecule has 3 rings (SSSR count). The normalized spacial score (nSPS) is 11.4. The van der Waals surface area contributed by atoms with Crippen LogP contribution < -0.4 is 19.5 Å². The molecule has 0 fully saturated rings. The van der Waals surface area contributed by atoms with Crippen molar-refractivity contribution in [3.63, 3.8) is 0 Å². The first-order valence-electron chi connectivity index (χ1n) is 11.4. The summed E-state index contributed by atoms with van der Waals surface area (Å²) in [5.74, 6) is 0.108. The molecule has 2 aromatic heterocycles. The zero-order chi connectivity index (χ0) is 25.3. The standard InChI is InChI=1S/C24H29F3N4O3S/c1-4-5-6-7-8-9-12-34-20-11-10-16(13-18(20)24(25,26)27)29-23-30-19(15-35-23)17-14-28-22(33-3)31-21(17)32-2/h10-11,13-15H,4-9,12H2,1-3H3,(H,29,30). The molecular formula is C24H29F3N4O3S. The molecule has 0 amide bonds. The first-order chi connectivity index (χ1) is 16.9. The molecule has 0 saturated carbocycles. The van der Waals surface area contributed by atoms with Gasteiger partial charge >= 0.3 is 12.2 Å². The highest BCUT2D eigenvalue weighted by Crippen LogP contribution is 2.39. The number of anilines is 2. The predicted molar refractivity (Wildman–Crippen MR) is 130 cm³/mol. The Kier molecular flexibility index (Phi) is 9.53. The second-order valence-corrected chi connectivity index (χ2v) is 8.63. The van der Waals surface area contributed by atoms with Crippen LogP contribution in [0.15, 0.2) is 29.8 Å². The monoisotopic (exact) mass is 510 g/mol. The third-order valence-corrected chi connectivity index (χ3v) is 5.94. The van der Waals surface area contributed by atoms with E-state index in [4.69, 9.17) is 14.2 Å². The molecule has 1 N–H and O–H groups in total. The highest BCUT2D eigenvalue weighted by molar-refractivity contribution is 7.14. The molecule has 0 saturated heterocycles.